The third-order valence-corrected chi connectivity index (χ3v) is 6.55. The van der Waals surface area contributed by atoms with E-state index in [2.05, 4.69) is 9.97 Å². The summed E-state index contributed by atoms with van der Waals surface area (Å²) >= 11 is 6.72. The molecule has 32 heavy (non-hydrogen) atoms. The van der Waals surface area contributed by atoms with Gasteiger partial charge in [-0.3, -0.25) is 0 Å². The molecule has 3 heterocycles. The monoisotopic (exact) mass is 473 g/mol. The maximum Gasteiger partial charge on any atom is 0.403 e. The molecule has 164 valence electrons. The van der Waals surface area contributed by atoms with E-state index in [0.29, 0.717) is 39.4 Å². The Morgan fingerprint density at radius 1 is 1.31 bits per heavy atom. The lowest BCUT2D eigenvalue weighted by atomic mass is 10.00. The highest BCUT2D eigenvalue weighted by Crippen LogP contribution is 2.45. The molecule has 0 saturated carbocycles. The molecule has 0 fully saturated rings. The number of carbonyl (C=O) groups is 1. The van der Waals surface area contributed by atoms with E-state index >= 15 is 0 Å². The minimum atomic E-state index is -0.930. The van der Waals surface area contributed by atoms with Gasteiger partial charge in [-0.05, 0) is 31.5 Å². The molecule has 2 aromatic heterocycles. The maximum atomic E-state index is 14.8. The van der Waals surface area contributed by atoms with Gasteiger partial charge in [0.2, 0.25) is 5.88 Å². The number of thiazole rings is 1. The molecule has 1 unspecified atom stereocenters. The van der Waals surface area contributed by atoms with E-state index in [-0.39, 0.29) is 12.4 Å². The van der Waals surface area contributed by atoms with Crippen LogP contribution in [0, 0.1) is 12.7 Å². The lowest BCUT2D eigenvalue weighted by Gasteiger charge is -2.22. The van der Waals surface area contributed by atoms with E-state index in [0.717, 1.165) is 15.8 Å². The van der Waals surface area contributed by atoms with Crippen LogP contribution >= 0.6 is 22.9 Å². The van der Waals surface area contributed by atoms with Gasteiger partial charge in [0.1, 0.15) is 17.2 Å². The van der Waals surface area contributed by atoms with E-state index in [1.54, 1.807) is 20.2 Å². The Labute approximate surface area is 191 Å². The van der Waals surface area contributed by atoms with Crippen molar-refractivity contribution in [3.05, 3.63) is 41.3 Å². The van der Waals surface area contributed by atoms with Gasteiger partial charge in [-0.15, -0.1) is 11.3 Å². The number of aryl methyl sites for hydroxylation is 1. The number of hydrogen-bond donors (Lipinski definition) is 0. The smallest absolute Gasteiger partial charge is 0.403 e. The first kappa shape index (κ1) is 20.8. The highest BCUT2D eigenvalue weighted by atomic mass is 35.5. The Hall–Kier alpha value is -3.04. The molecular weight excluding hydrogens is 457 g/mol. The third kappa shape index (κ3) is 3.51. The quantitative estimate of drug-likeness (QED) is 0.365. The first-order valence-electron chi connectivity index (χ1n) is 9.71. The molecule has 0 bridgehead atoms. The highest BCUT2D eigenvalue weighted by molar-refractivity contribution is 7.22. The van der Waals surface area contributed by atoms with Crippen molar-refractivity contribution in [1.82, 2.24) is 15.0 Å². The number of halogens is 2. The zero-order valence-corrected chi connectivity index (χ0v) is 18.9. The summed E-state index contributed by atoms with van der Waals surface area (Å²) in [6.45, 7) is 3.62. The summed E-state index contributed by atoms with van der Waals surface area (Å²) in [5.41, 5.74) is 2.55. The maximum absolute atomic E-state index is 14.8. The molecule has 2 aromatic carbocycles. The number of fused-ring (bicyclic) bond motifs is 4. The summed E-state index contributed by atoms with van der Waals surface area (Å²) in [5.74, 6) is 0.0654. The van der Waals surface area contributed by atoms with Gasteiger partial charge in [0, 0.05) is 35.2 Å². The SMILES string of the molecule is COc1cnc2c(-c3nc4cc(F)c5c(c4s3)CC(C)(COC(=O)Cl)O5)cc(C)cc2n1. The molecule has 7 nitrogen and oxygen atoms in total. The summed E-state index contributed by atoms with van der Waals surface area (Å²) in [4.78, 5) is 24.7. The topological polar surface area (TPSA) is 83.4 Å². The van der Waals surface area contributed by atoms with Crippen molar-refractivity contribution in [2.24, 2.45) is 0 Å². The molecule has 0 saturated heterocycles. The number of methoxy groups -OCH3 is 1. The second-order valence-corrected chi connectivity index (χ2v) is 9.19. The van der Waals surface area contributed by atoms with Crippen molar-refractivity contribution >= 4 is 49.6 Å². The molecular formula is C22H17ClFN3O4S. The van der Waals surface area contributed by atoms with Gasteiger partial charge >= 0.3 is 5.43 Å². The molecule has 10 heteroatoms. The molecule has 0 N–H and O–H groups in total. The number of aromatic nitrogens is 3. The van der Waals surface area contributed by atoms with Gasteiger partial charge < -0.3 is 14.2 Å². The van der Waals surface area contributed by atoms with Gasteiger partial charge in [0.25, 0.3) is 0 Å². The van der Waals surface area contributed by atoms with Crippen LogP contribution in [-0.2, 0) is 11.2 Å². The van der Waals surface area contributed by atoms with Crippen LogP contribution in [0.15, 0.2) is 24.4 Å². The van der Waals surface area contributed by atoms with Crippen molar-refractivity contribution in [2.45, 2.75) is 25.9 Å². The molecule has 4 aromatic rings. The second kappa shape index (κ2) is 7.53. The van der Waals surface area contributed by atoms with Crippen LogP contribution in [0.3, 0.4) is 0 Å². The normalized spacial score (nSPS) is 17.4. The summed E-state index contributed by atoms with van der Waals surface area (Å²) in [7, 11) is 1.54. The molecule has 0 amide bonds. The van der Waals surface area contributed by atoms with E-state index in [4.69, 9.17) is 30.8 Å². The van der Waals surface area contributed by atoms with Crippen LogP contribution in [0.25, 0.3) is 31.8 Å². The predicted molar refractivity (Wildman–Crippen MR) is 119 cm³/mol. The number of ether oxygens (including phenoxy) is 3. The van der Waals surface area contributed by atoms with Gasteiger partial charge in [-0.2, -0.15) is 0 Å². The molecule has 1 aliphatic rings. The van der Waals surface area contributed by atoms with Crippen molar-refractivity contribution in [2.75, 3.05) is 13.7 Å². The lowest BCUT2D eigenvalue weighted by molar-refractivity contribution is 0.0352. The molecule has 0 aliphatic carbocycles. The first-order chi connectivity index (χ1) is 15.3. The highest BCUT2D eigenvalue weighted by Gasteiger charge is 2.40. The van der Waals surface area contributed by atoms with Crippen molar-refractivity contribution < 1.29 is 23.4 Å². The zero-order valence-electron chi connectivity index (χ0n) is 17.4. The largest absolute Gasteiger partial charge is 0.480 e. The lowest BCUT2D eigenvalue weighted by Crippen LogP contribution is -2.36. The van der Waals surface area contributed by atoms with E-state index in [1.165, 1.54) is 17.4 Å². The number of nitrogens with zero attached hydrogens (tertiary/aromatic N) is 3. The van der Waals surface area contributed by atoms with E-state index in [9.17, 15) is 9.18 Å². The van der Waals surface area contributed by atoms with Crippen LogP contribution in [-0.4, -0.2) is 39.7 Å². The number of carbonyl (C=O) groups excluding carboxylic acids is 1. The fourth-order valence-corrected chi connectivity index (χ4v) is 5.08. The Bertz CT molecular complexity index is 1410. The summed E-state index contributed by atoms with van der Waals surface area (Å²) in [6, 6.07) is 5.27. The first-order valence-corrected chi connectivity index (χ1v) is 10.9. The van der Waals surface area contributed by atoms with Crippen LogP contribution in [0.4, 0.5) is 9.18 Å². The van der Waals surface area contributed by atoms with Crippen LogP contribution in [0.1, 0.15) is 18.1 Å². The number of hydrogen-bond acceptors (Lipinski definition) is 8. The minimum Gasteiger partial charge on any atom is -0.480 e. The molecule has 0 radical (unpaired) electrons. The summed E-state index contributed by atoms with van der Waals surface area (Å²) in [6.07, 6.45) is 1.91. The van der Waals surface area contributed by atoms with Crippen LogP contribution in [0.2, 0.25) is 0 Å². The summed E-state index contributed by atoms with van der Waals surface area (Å²) in [5, 5.41) is 0.696. The van der Waals surface area contributed by atoms with E-state index < -0.39 is 16.8 Å². The predicted octanol–water partition coefficient (Wildman–Crippen LogP) is 5.43. The molecule has 1 aliphatic heterocycles. The molecule has 0 spiro atoms. The van der Waals surface area contributed by atoms with Crippen molar-refractivity contribution in [3.8, 4) is 22.2 Å². The standard InChI is InChI=1S/C22H17ClFN3O4S/c1-10-4-11(17-14(5-10)26-16(29-3)8-25-17)20-27-15-6-13(24)18-12(19(15)32-20)7-22(2,31-18)9-30-21(23)28/h4-6,8H,7,9H2,1-3H3. The average molecular weight is 474 g/mol. The Kier molecular flexibility index (Phi) is 4.90. The molecule has 5 rings (SSSR count). The van der Waals surface area contributed by atoms with Gasteiger partial charge in [-0.25, -0.2) is 24.1 Å². The minimum absolute atomic E-state index is 0.0868. The molecule has 1 atom stereocenters. The van der Waals surface area contributed by atoms with E-state index in [1.807, 2.05) is 19.1 Å². The fraction of sp³-hybridized carbons (Fsp3) is 0.273. The number of benzene rings is 2. The fourth-order valence-electron chi connectivity index (χ4n) is 3.92. The third-order valence-electron chi connectivity index (χ3n) is 5.28. The van der Waals surface area contributed by atoms with Gasteiger partial charge in [0.15, 0.2) is 11.6 Å². The van der Waals surface area contributed by atoms with Crippen molar-refractivity contribution in [3.63, 3.8) is 0 Å². The number of rotatable bonds is 4. The summed E-state index contributed by atoms with van der Waals surface area (Å²) < 4.78 is 31.6. The van der Waals surface area contributed by atoms with Gasteiger partial charge in [0.05, 0.1) is 34.6 Å². The Morgan fingerprint density at radius 3 is 2.88 bits per heavy atom. The Morgan fingerprint density at radius 2 is 2.12 bits per heavy atom. The van der Waals surface area contributed by atoms with Crippen molar-refractivity contribution in [1.29, 1.82) is 0 Å². The van der Waals surface area contributed by atoms with Crippen LogP contribution in [0.5, 0.6) is 11.6 Å². The second-order valence-electron chi connectivity index (χ2n) is 7.88. The van der Waals surface area contributed by atoms with Crippen LogP contribution < -0.4 is 9.47 Å². The zero-order chi connectivity index (χ0) is 22.6. The van der Waals surface area contributed by atoms with Gasteiger partial charge in [-0.1, -0.05) is 0 Å². The Balaban J connectivity index is 1.63. The average Bonchev–Trinajstić information content (AvgIpc) is 3.33.